The van der Waals surface area contributed by atoms with Gasteiger partial charge < -0.3 is 14.8 Å². The largest absolute Gasteiger partial charge is 0.378 e. The minimum atomic E-state index is 0.146. The molecule has 1 amide bonds. The van der Waals surface area contributed by atoms with Gasteiger partial charge in [-0.25, -0.2) is 0 Å². The number of likely N-dealkylation sites (tertiary alicyclic amines) is 1. The van der Waals surface area contributed by atoms with Gasteiger partial charge in [0.15, 0.2) is 0 Å². The first kappa shape index (κ1) is 18.6. The monoisotopic (exact) mass is 375 g/mol. The molecule has 1 aliphatic heterocycles. The molecule has 0 saturated carbocycles. The lowest BCUT2D eigenvalue weighted by Gasteiger charge is -2.32. The van der Waals surface area contributed by atoms with Gasteiger partial charge in [0.2, 0.25) is 0 Å². The van der Waals surface area contributed by atoms with Crippen LogP contribution in [0.5, 0.6) is 0 Å². The highest BCUT2D eigenvalue weighted by Gasteiger charge is 2.26. The van der Waals surface area contributed by atoms with Crippen LogP contribution in [0.15, 0.2) is 42.5 Å². The second-order valence-electron chi connectivity index (χ2n) is 8.22. The summed E-state index contributed by atoms with van der Waals surface area (Å²) in [7, 11) is 4.02. The van der Waals surface area contributed by atoms with Gasteiger partial charge in [0.05, 0.1) is 0 Å². The van der Waals surface area contributed by atoms with Crippen molar-refractivity contribution in [2.75, 3.05) is 32.1 Å². The van der Waals surface area contributed by atoms with Gasteiger partial charge in [0.1, 0.15) is 0 Å². The van der Waals surface area contributed by atoms with E-state index in [1.165, 1.54) is 27.7 Å². The van der Waals surface area contributed by atoms with Crippen LogP contribution in [0.4, 0.5) is 5.69 Å². The van der Waals surface area contributed by atoms with Crippen LogP contribution >= 0.6 is 0 Å². The van der Waals surface area contributed by atoms with Crippen molar-refractivity contribution >= 4 is 22.5 Å². The van der Waals surface area contributed by atoms with Crippen LogP contribution in [0.25, 0.3) is 10.9 Å². The van der Waals surface area contributed by atoms with E-state index in [4.69, 9.17) is 0 Å². The molecule has 0 atom stereocenters. The second-order valence-corrected chi connectivity index (χ2v) is 8.22. The average Bonchev–Trinajstić information content (AvgIpc) is 3.03. The fourth-order valence-electron chi connectivity index (χ4n) is 4.33. The summed E-state index contributed by atoms with van der Waals surface area (Å²) in [6, 6.07) is 14.5. The molecule has 1 fully saturated rings. The molecule has 1 saturated heterocycles. The number of rotatable bonds is 3. The molecule has 0 bridgehead atoms. The summed E-state index contributed by atoms with van der Waals surface area (Å²) in [5, 5.41) is 1.33. The summed E-state index contributed by atoms with van der Waals surface area (Å²) in [6.45, 7) is 5.98. The average molecular weight is 376 g/mol. The first-order chi connectivity index (χ1) is 13.4. The Kier molecular flexibility index (Phi) is 4.88. The van der Waals surface area contributed by atoms with E-state index in [2.05, 4.69) is 37.0 Å². The second kappa shape index (κ2) is 7.34. The lowest BCUT2D eigenvalue weighted by Crippen LogP contribution is -2.38. The molecule has 0 spiro atoms. The normalized spacial score (nSPS) is 15.2. The fourth-order valence-corrected chi connectivity index (χ4v) is 4.33. The summed E-state index contributed by atoms with van der Waals surface area (Å²) >= 11 is 0. The molecular weight excluding hydrogens is 346 g/mol. The highest BCUT2D eigenvalue weighted by atomic mass is 16.2. The SMILES string of the molecule is Cc1ccc2[nH]c(C3CCN(C(=O)c4ccc(N(C)C)cc4)CC3)c(C)c2c1. The smallest absolute Gasteiger partial charge is 0.253 e. The third-order valence-electron chi connectivity index (χ3n) is 6.07. The van der Waals surface area contributed by atoms with Gasteiger partial charge in [-0.05, 0) is 68.7 Å². The standard InChI is InChI=1S/C24H29N3O/c1-16-5-10-22-21(15-16)17(2)23(25-22)18-11-13-27(14-12-18)24(28)19-6-8-20(9-7-19)26(3)4/h5-10,15,18,25H,11-14H2,1-4H3. The van der Waals surface area contributed by atoms with Crippen LogP contribution in [0.1, 0.15) is 45.9 Å². The van der Waals surface area contributed by atoms with E-state index in [0.717, 1.165) is 37.2 Å². The molecule has 0 radical (unpaired) electrons. The number of hydrogen-bond donors (Lipinski definition) is 1. The maximum Gasteiger partial charge on any atom is 0.253 e. The number of nitrogens with one attached hydrogen (secondary N) is 1. The highest BCUT2D eigenvalue weighted by Crippen LogP contribution is 2.34. The molecule has 1 aromatic heterocycles. The van der Waals surface area contributed by atoms with Gasteiger partial charge in [0, 0.05) is 61.0 Å². The van der Waals surface area contributed by atoms with Crippen molar-refractivity contribution in [1.82, 2.24) is 9.88 Å². The maximum atomic E-state index is 12.9. The van der Waals surface area contributed by atoms with E-state index < -0.39 is 0 Å². The number of aromatic nitrogens is 1. The minimum absolute atomic E-state index is 0.146. The van der Waals surface area contributed by atoms with E-state index in [1.807, 2.05) is 48.2 Å². The molecule has 1 N–H and O–H groups in total. The summed E-state index contributed by atoms with van der Waals surface area (Å²) in [4.78, 5) is 20.6. The number of aryl methyl sites for hydroxylation is 2. The van der Waals surface area contributed by atoms with E-state index in [-0.39, 0.29) is 5.91 Å². The number of benzene rings is 2. The fraction of sp³-hybridized carbons (Fsp3) is 0.375. The number of piperidine rings is 1. The van der Waals surface area contributed by atoms with Crippen molar-refractivity contribution in [3.05, 3.63) is 64.8 Å². The molecule has 4 rings (SSSR count). The van der Waals surface area contributed by atoms with Crippen molar-refractivity contribution < 1.29 is 4.79 Å². The minimum Gasteiger partial charge on any atom is -0.378 e. The van der Waals surface area contributed by atoms with Crippen molar-refractivity contribution in [2.24, 2.45) is 0 Å². The zero-order valence-corrected chi connectivity index (χ0v) is 17.2. The van der Waals surface area contributed by atoms with Gasteiger partial charge >= 0.3 is 0 Å². The molecule has 2 heterocycles. The number of amides is 1. The summed E-state index contributed by atoms with van der Waals surface area (Å²) < 4.78 is 0. The Labute approximate surface area is 167 Å². The first-order valence-electron chi connectivity index (χ1n) is 10.1. The lowest BCUT2D eigenvalue weighted by molar-refractivity contribution is 0.0712. The molecule has 4 heteroatoms. The lowest BCUT2D eigenvalue weighted by atomic mass is 9.91. The Hall–Kier alpha value is -2.75. The molecule has 2 aromatic carbocycles. The third-order valence-corrected chi connectivity index (χ3v) is 6.07. The predicted octanol–water partition coefficient (Wildman–Crippen LogP) is 4.87. The number of aromatic amines is 1. The van der Waals surface area contributed by atoms with Crippen molar-refractivity contribution in [2.45, 2.75) is 32.6 Å². The quantitative estimate of drug-likeness (QED) is 0.709. The molecule has 1 aliphatic rings. The summed E-state index contributed by atoms with van der Waals surface area (Å²) in [5.41, 5.74) is 7.12. The number of carbonyl (C=O) groups is 1. The molecule has 0 unspecified atom stereocenters. The molecule has 0 aliphatic carbocycles. The van der Waals surface area contributed by atoms with Gasteiger partial charge in [-0.3, -0.25) is 4.79 Å². The Morgan fingerprint density at radius 3 is 2.36 bits per heavy atom. The molecule has 28 heavy (non-hydrogen) atoms. The zero-order chi connectivity index (χ0) is 19.8. The summed E-state index contributed by atoms with van der Waals surface area (Å²) in [5.74, 6) is 0.639. The third kappa shape index (κ3) is 3.39. The van der Waals surface area contributed by atoms with Crippen LogP contribution in [-0.2, 0) is 0 Å². The van der Waals surface area contributed by atoms with E-state index in [1.54, 1.807) is 0 Å². The number of carbonyl (C=O) groups excluding carboxylic acids is 1. The number of hydrogen-bond acceptors (Lipinski definition) is 2. The number of anilines is 1. The van der Waals surface area contributed by atoms with Gasteiger partial charge in [0.25, 0.3) is 5.91 Å². The van der Waals surface area contributed by atoms with Crippen LogP contribution in [0, 0.1) is 13.8 Å². The van der Waals surface area contributed by atoms with Crippen molar-refractivity contribution in [1.29, 1.82) is 0 Å². The molecule has 146 valence electrons. The van der Waals surface area contributed by atoms with Crippen molar-refractivity contribution in [3.8, 4) is 0 Å². The van der Waals surface area contributed by atoms with Crippen LogP contribution < -0.4 is 4.90 Å². The van der Waals surface area contributed by atoms with E-state index >= 15 is 0 Å². The predicted molar refractivity (Wildman–Crippen MR) is 116 cm³/mol. The summed E-state index contributed by atoms with van der Waals surface area (Å²) in [6.07, 6.45) is 2.02. The number of nitrogens with zero attached hydrogens (tertiary/aromatic N) is 2. The van der Waals surface area contributed by atoms with E-state index in [0.29, 0.717) is 5.92 Å². The highest BCUT2D eigenvalue weighted by molar-refractivity contribution is 5.94. The molecule has 4 nitrogen and oxygen atoms in total. The zero-order valence-electron chi connectivity index (χ0n) is 17.2. The van der Waals surface area contributed by atoms with Gasteiger partial charge in [-0.2, -0.15) is 0 Å². The Morgan fingerprint density at radius 2 is 1.71 bits per heavy atom. The van der Waals surface area contributed by atoms with E-state index in [9.17, 15) is 4.79 Å². The maximum absolute atomic E-state index is 12.9. The Balaban J connectivity index is 1.46. The van der Waals surface area contributed by atoms with Gasteiger partial charge in [-0.15, -0.1) is 0 Å². The Bertz CT molecular complexity index is 993. The van der Waals surface area contributed by atoms with Crippen LogP contribution in [-0.4, -0.2) is 43.0 Å². The molecular formula is C24H29N3O. The first-order valence-corrected chi connectivity index (χ1v) is 10.1. The van der Waals surface area contributed by atoms with Crippen LogP contribution in [0.3, 0.4) is 0 Å². The topological polar surface area (TPSA) is 39.3 Å². The Morgan fingerprint density at radius 1 is 1.04 bits per heavy atom. The number of fused-ring (bicyclic) bond motifs is 1. The molecule has 3 aromatic rings. The number of H-pyrrole nitrogens is 1. The van der Waals surface area contributed by atoms with Crippen LogP contribution in [0.2, 0.25) is 0 Å². The van der Waals surface area contributed by atoms with Crippen molar-refractivity contribution in [3.63, 3.8) is 0 Å². The van der Waals surface area contributed by atoms with Gasteiger partial charge in [-0.1, -0.05) is 11.6 Å².